The summed E-state index contributed by atoms with van der Waals surface area (Å²) in [6.07, 6.45) is 1.03. The molecule has 1 amide bonds. The lowest BCUT2D eigenvalue weighted by Crippen LogP contribution is -2.31. The second-order valence-electron chi connectivity index (χ2n) is 5.26. The number of hydrogen-bond acceptors (Lipinski definition) is 4. The molecule has 0 fully saturated rings. The van der Waals surface area contributed by atoms with Crippen LogP contribution in [-0.2, 0) is 21.2 Å². The fraction of sp³-hybridized carbons (Fsp3) is 0.312. The predicted molar refractivity (Wildman–Crippen MR) is 93.2 cm³/mol. The highest BCUT2D eigenvalue weighted by Gasteiger charge is 2.16. The van der Waals surface area contributed by atoms with Gasteiger partial charge in [-0.05, 0) is 49.1 Å². The Morgan fingerprint density at radius 2 is 1.91 bits per heavy atom. The van der Waals surface area contributed by atoms with Gasteiger partial charge in [0.25, 0.3) is 0 Å². The Hall–Kier alpha value is -1.70. The first-order chi connectivity index (χ1) is 10.9. The van der Waals surface area contributed by atoms with Crippen molar-refractivity contribution in [2.45, 2.75) is 37.6 Å². The largest absolute Gasteiger partial charge is 0.326 e. The number of nitrogens with one attached hydrogen (secondary N) is 2. The summed E-state index contributed by atoms with van der Waals surface area (Å²) < 4.78 is 26.9. The van der Waals surface area contributed by atoms with Gasteiger partial charge in [-0.15, -0.1) is 11.3 Å². The van der Waals surface area contributed by atoms with Gasteiger partial charge in [0.15, 0.2) is 0 Å². The van der Waals surface area contributed by atoms with E-state index in [0.717, 1.165) is 11.3 Å². The third kappa shape index (κ3) is 5.16. The van der Waals surface area contributed by atoms with Gasteiger partial charge < -0.3 is 5.32 Å². The van der Waals surface area contributed by atoms with Crippen molar-refractivity contribution in [2.24, 2.45) is 0 Å². The van der Waals surface area contributed by atoms with Gasteiger partial charge in [0.2, 0.25) is 15.9 Å². The van der Waals surface area contributed by atoms with E-state index in [0.29, 0.717) is 12.1 Å². The maximum absolute atomic E-state index is 12.1. The molecule has 5 nitrogen and oxygen atoms in total. The van der Waals surface area contributed by atoms with Crippen molar-refractivity contribution in [3.63, 3.8) is 0 Å². The molecule has 1 atom stereocenters. The highest BCUT2D eigenvalue weighted by Crippen LogP contribution is 2.16. The van der Waals surface area contributed by atoms with Gasteiger partial charge >= 0.3 is 0 Å². The molecule has 2 rings (SSSR count). The Morgan fingerprint density at radius 3 is 2.48 bits per heavy atom. The van der Waals surface area contributed by atoms with Crippen LogP contribution in [0.25, 0.3) is 0 Å². The zero-order valence-electron chi connectivity index (χ0n) is 13.1. The Kier molecular flexibility index (Phi) is 5.92. The molecule has 0 saturated carbocycles. The van der Waals surface area contributed by atoms with E-state index < -0.39 is 10.0 Å². The SMILES string of the molecule is CC[C@@H](C)NS(=O)(=O)c1ccc(NC(=O)Cc2cccs2)cc1. The Morgan fingerprint density at radius 1 is 1.22 bits per heavy atom. The third-order valence-electron chi connectivity index (χ3n) is 3.33. The molecule has 0 unspecified atom stereocenters. The lowest BCUT2D eigenvalue weighted by molar-refractivity contribution is -0.115. The van der Waals surface area contributed by atoms with Crippen molar-refractivity contribution >= 4 is 33.0 Å². The quantitative estimate of drug-likeness (QED) is 0.804. The highest BCUT2D eigenvalue weighted by molar-refractivity contribution is 7.89. The highest BCUT2D eigenvalue weighted by atomic mass is 32.2. The van der Waals surface area contributed by atoms with Crippen LogP contribution >= 0.6 is 11.3 Å². The van der Waals surface area contributed by atoms with Crippen LogP contribution in [0.3, 0.4) is 0 Å². The normalized spacial score (nSPS) is 12.8. The molecular formula is C16H20N2O3S2. The Bertz CT molecular complexity index is 738. The van der Waals surface area contributed by atoms with Crippen molar-refractivity contribution in [1.29, 1.82) is 0 Å². The molecule has 0 radical (unpaired) electrons. The summed E-state index contributed by atoms with van der Waals surface area (Å²) in [4.78, 5) is 13.1. The van der Waals surface area contributed by atoms with E-state index in [1.54, 1.807) is 12.1 Å². The Balaban J connectivity index is 2.00. The molecule has 1 aromatic heterocycles. The molecule has 0 saturated heterocycles. The van der Waals surface area contributed by atoms with Gasteiger partial charge in [-0.3, -0.25) is 4.79 Å². The number of rotatable bonds is 7. The number of sulfonamides is 1. The van der Waals surface area contributed by atoms with Crippen LogP contribution in [0, 0.1) is 0 Å². The summed E-state index contributed by atoms with van der Waals surface area (Å²) in [5.74, 6) is -0.124. The average molecular weight is 352 g/mol. The van der Waals surface area contributed by atoms with Crippen molar-refractivity contribution in [2.75, 3.05) is 5.32 Å². The van der Waals surface area contributed by atoms with E-state index in [-0.39, 0.29) is 16.8 Å². The summed E-state index contributed by atoms with van der Waals surface area (Å²) >= 11 is 1.53. The second-order valence-corrected chi connectivity index (χ2v) is 8.01. The van der Waals surface area contributed by atoms with Crippen molar-refractivity contribution in [1.82, 2.24) is 4.72 Å². The van der Waals surface area contributed by atoms with E-state index >= 15 is 0 Å². The minimum absolute atomic E-state index is 0.120. The zero-order valence-corrected chi connectivity index (χ0v) is 14.7. The fourth-order valence-electron chi connectivity index (χ4n) is 1.91. The molecule has 0 spiro atoms. The van der Waals surface area contributed by atoms with Gasteiger partial charge in [-0.2, -0.15) is 0 Å². The van der Waals surface area contributed by atoms with E-state index in [1.807, 2.05) is 31.4 Å². The van der Waals surface area contributed by atoms with Crippen LogP contribution < -0.4 is 10.0 Å². The molecule has 124 valence electrons. The van der Waals surface area contributed by atoms with Crippen molar-refractivity contribution < 1.29 is 13.2 Å². The molecule has 23 heavy (non-hydrogen) atoms. The monoisotopic (exact) mass is 352 g/mol. The van der Waals surface area contributed by atoms with Crippen molar-refractivity contribution in [3.05, 3.63) is 46.7 Å². The summed E-state index contributed by atoms with van der Waals surface area (Å²) in [5, 5.41) is 4.69. The average Bonchev–Trinajstić information content (AvgIpc) is 3.00. The molecule has 2 N–H and O–H groups in total. The number of anilines is 1. The van der Waals surface area contributed by atoms with Gasteiger partial charge in [0, 0.05) is 16.6 Å². The van der Waals surface area contributed by atoms with Gasteiger partial charge in [-0.25, -0.2) is 13.1 Å². The van der Waals surface area contributed by atoms with Gasteiger partial charge in [0.1, 0.15) is 0 Å². The summed E-state index contributed by atoms with van der Waals surface area (Å²) in [7, 11) is -3.52. The summed E-state index contributed by atoms with van der Waals surface area (Å²) in [6, 6.07) is 9.86. The first-order valence-electron chi connectivity index (χ1n) is 7.35. The Labute approximate surface area is 140 Å². The van der Waals surface area contributed by atoms with Crippen LogP contribution in [0.15, 0.2) is 46.7 Å². The maximum Gasteiger partial charge on any atom is 0.240 e. The molecule has 7 heteroatoms. The molecule has 0 bridgehead atoms. The predicted octanol–water partition coefficient (Wildman–Crippen LogP) is 3.01. The lowest BCUT2D eigenvalue weighted by atomic mass is 10.3. The molecule has 1 aromatic carbocycles. The lowest BCUT2D eigenvalue weighted by Gasteiger charge is -2.12. The maximum atomic E-state index is 12.1. The smallest absolute Gasteiger partial charge is 0.240 e. The van der Waals surface area contributed by atoms with Crippen LogP contribution in [0.1, 0.15) is 25.1 Å². The van der Waals surface area contributed by atoms with Crippen LogP contribution in [0.2, 0.25) is 0 Å². The van der Waals surface area contributed by atoms with Crippen molar-refractivity contribution in [3.8, 4) is 0 Å². The number of benzene rings is 1. The molecule has 1 heterocycles. The minimum Gasteiger partial charge on any atom is -0.326 e. The van der Waals surface area contributed by atoms with E-state index in [1.165, 1.54) is 23.5 Å². The molecule has 0 aliphatic heterocycles. The standard InChI is InChI=1S/C16H20N2O3S2/c1-3-12(2)18-23(20,21)15-8-6-13(7-9-15)17-16(19)11-14-5-4-10-22-14/h4-10,12,18H,3,11H2,1-2H3,(H,17,19)/t12-/m1/s1. The second kappa shape index (κ2) is 7.72. The molecular weight excluding hydrogens is 332 g/mol. The number of thiophene rings is 1. The van der Waals surface area contributed by atoms with Gasteiger partial charge in [-0.1, -0.05) is 13.0 Å². The number of carbonyl (C=O) groups is 1. The van der Waals surface area contributed by atoms with Gasteiger partial charge in [0.05, 0.1) is 11.3 Å². The van der Waals surface area contributed by atoms with E-state index in [4.69, 9.17) is 0 Å². The summed E-state index contributed by atoms with van der Waals surface area (Å²) in [6.45, 7) is 3.73. The number of hydrogen-bond donors (Lipinski definition) is 2. The van der Waals surface area contributed by atoms with Crippen LogP contribution in [0.5, 0.6) is 0 Å². The summed E-state index contributed by atoms with van der Waals surface area (Å²) in [5.41, 5.74) is 0.578. The zero-order chi connectivity index (χ0) is 16.9. The first kappa shape index (κ1) is 17.7. The van der Waals surface area contributed by atoms with Crippen LogP contribution in [0.4, 0.5) is 5.69 Å². The molecule has 0 aliphatic carbocycles. The van der Waals surface area contributed by atoms with E-state index in [9.17, 15) is 13.2 Å². The fourth-order valence-corrected chi connectivity index (χ4v) is 3.94. The van der Waals surface area contributed by atoms with Crippen LogP contribution in [-0.4, -0.2) is 20.4 Å². The molecule has 2 aromatic rings. The minimum atomic E-state index is -3.52. The number of carbonyl (C=O) groups excluding carboxylic acids is 1. The first-order valence-corrected chi connectivity index (χ1v) is 9.71. The van der Waals surface area contributed by atoms with E-state index in [2.05, 4.69) is 10.0 Å². The molecule has 0 aliphatic rings. The third-order valence-corrected chi connectivity index (χ3v) is 5.81. The topological polar surface area (TPSA) is 75.3 Å². The number of amides is 1.